The number of aliphatic hydroxyl groups is 1. The van der Waals surface area contributed by atoms with Crippen LogP contribution in [0.1, 0.15) is 25.0 Å². The molecule has 0 aliphatic carbocycles. The maximum atomic E-state index is 12.7. The van der Waals surface area contributed by atoms with Crippen LogP contribution in [0.2, 0.25) is 0 Å². The minimum atomic E-state index is -1.68. The van der Waals surface area contributed by atoms with Crippen molar-refractivity contribution in [2.75, 3.05) is 26.2 Å². The molecular formula is C21H28ClNO3. The van der Waals surface area contributed by atoms with Crippen molar-refractivity contribution in [3.8, 4) is 0 Å². The maximum absolute atomic E-state index is 12.7. The van der Waals surface area contributed by atoms with Gasteiger partial charge in [0.05, 0.1) is 13.1 Å². The Hall–Kier alpha value is -1.88. The summed E-state index contributed by atoms with van der Waals surface area (Å²) in [6, 6.07) is 18.5. The number of carbonyl (C=O) groups excluding carboxylic acids is 1. The molecule has 0 bridgehead atoms. The van der Waals surface area contributed by atoms with Gasteiger partial charge in [-0.05, 0) is 25.0 Å². The van der Waals surface area contributed by atoms with Crippen molar-refractivity contribution in [3.63, 3.8) is 0 Å². The summed E-state index contributed by atoms with van der Waals surface area (Å²) in [7, 11) is 0. The van der Waals surface area contributed by atoms with Crippen molar-refractivity contribution < 1.29 is 31.9 Å². The molecule has 0 spiro atoms. The van der Waals surface area contributed by atoms with Crippen LogP contribution in [0.3, 0.4) is 0 Å². The second kappa shape index (κ2) is 11.0. The Kier molecular flexibility index (Phi) is 9.35. The molecule has 2 N–H and O–H groups in total. The Labute approximate surface area is 162 Å². The minimum absolute atomic E-state index is 0. The van der Waals surface area contributed by atoms with E-state index in [0.29, 0.717) is 12.2 Å². The zero-order valence-electron chi connectivity index (χ0n) is 15.5. The highest BCUT2D eigenvalue weighted by atomic mass is 35.5. The molecule has 0 saturated carbocycles. The number of carbonyl (C=O) groups is 1. The minimum Gasteiger partial charge on any atom is -1.00 e. The lowest BCUT2D eigenvalue weighted by molar-refractivity contribution is -0.896. The van der Waals surface area contributed by atoms with Crippen LogP contribution in [0, 0.1) is 0 Å². The highest BCUT2D eigenvalue weighted by Crippen LogP contribution is 2.27. The molecule has 0 heterocycles. The fraction of sp³-hybridized carbons (Fsp3) is 0.381. The molecule has 26 heavy (non-hydrogen) atoms. The van der Waals surface area contributed by atoms with E-state index in [9.17, 15) is 9.90 Å². The van der Waals surface area contributed by atoms with E-state index in [-0.39, 0.29) is 18.8 Å². The number of benzene rings is 2. The number of hydrogen-bond acceptors (Lipinski definition) is 3. The van der Waals surface area contributed by atoms with E-state index >= 15 is 0 Å². The molecule has 1 atom stereocenters. The quantitative estimate of drug-likeness (QED) is 0.528. The first-order chi connectivity index (χ1) is 12.1. The molecule has 5 heteroatoms. The zero-order valence-corrected chi connectivity index (χ0v) is 16.2. The summed E-state index contributed by atoms with van der Waals surface area (Å²) in [5.41, 5.74) is -0.236. The summed E-state index contributed by atoms with van der Waals surface area (Å²) in [4.78, 5) is 14.1. The van der Waals surface area contributed by atoms with Crippen LogP contribution < -0.4 is 17.3 Å². The maximum Gasteiger partial charge on any atom is 0.343 e. The van der Waals surface area contributed by atoms with Crippen LogP contribution in [0.5, 0.6) is 0 Å². The van der Waals surface area contributed by atoms with Gasteiger partial charge in [-0.15, -0.1) is 0 Å². The van der Waals surface area contributed by atoms with Crippen molar-refractivity contribution in [1.82, 2.24) is 0 Å². The average Bonchev–Trinajstić information content (AvgIpc) is 2.66. The molecule has 0 aliphatic heterocycles. The zero-order chi connectivity index (χ0) is 18.1. The summed E-state index contributed by atoms with van der Waals surface area (Å²) >= 11 is 0. The van der Waals surface area contributed by atoms with E-state index in [2.05, 4.69) is 13.8 Å². The summed E-state index contributed by atoms with van der Waals surface area (Å²) in [5.74, 6) is -0.589. The molecule has 1 unspecified atom stereocenters. The van der Waals surface area contributed by atoms with Gasteiger partial charge in [0, 0.05) is 6.42 Å². The van der Waals surface area contributed by atoms with E-state index in [4.69, 9.17) is 4.74 Å². The molecule has 2 aromatic rings. The molecule has 2 aromatic carbocycles. The van der Waals surface area contributed by atoms with Gasteiger partial charge in [0.15, 0.2) is 5.60 Å². The molecule has 0 aromatic heterocycles. The number of nitrogens with one attached hydrogen (secondary N) is 1. The van der Waals surface area contributed by atoms with Crippen LogP contribution in [0.15, 0.2) is 60.7 Å². The lowest BCUT2D eigenvalue weighted by Crippen LogP contribution is -3.11. The Morgan fingerprint density at radius 1 is 1.00 bits per heavy atom. The van der Waals surface area contributed by atoms with Crippen molar-refractivity contribution in [3.05, 3.63) is 71.8 Å². The normalized spacial score (nSPS) is 12.9. The van der Waals surface area contributed by atoms with Gasteiger partial charge in [0.1, 0.15) is 13.2 Å². The standard InChI is InChI=1S/C21H27NO3.ClH/c1-3-22(4-2)15-16-25-20(23)21(24,19-13-9-6-10-14-19)17-18-11-7-5-8-12-18;/h5-14,24H,3-4,15-17H2,1-2H3;1H. The van der Waals surface area contributed by atoms with E-state index in [0.717, 1.165) is 25.2 Å². The topological polar surface area (TPSA) is 51.0 Å². The molecule has 0 aliphatic rings. The Bertz CT molecular complexity index is 647. The first kappa shape index (κ1) is 22.2. The number of esters is 1. The van der Waals surface area contributed by atoms with Crippen LogP contribution in [-0.2, 0) is 21.6 Å². The van der Waals surface area contributed by atoms with Crippen LogP contribution in [0.4, 0.5) is 0 Å². The summed E-state index contributed by atoms with van der Waals surface area (Å²) in [6.07, 6.45) is 0.189. The molecule has 0 saturated heterocycles. The lowest BCUT2D eigenvalue weighted by Gasteiger charge is -2.27. The third-order valence-corrected chi connectivity index (χ3v) is 4.58. The fourth-order valence-corrected chi connectivity index (χ4v) is 2.91. The number of hydrogen-bond donors (Lipinski definition) is 2. The van der Waals surface area contributed by atoms with Gasteiger partial charge in [0.2, 0.25) is 0 Å². The SMILES string of the molecule is CC[NH+](CC)CCOC(=O)C(O)(Cc1ccccc1)c1ccccc1.[Cl-]. The smallest absolute Gasteiger partial charge is 0.343 e. The number of quaternary nitrogens is 1. The van der Waals surface area contributed by atoms with Crippen molar-refractivity contribution in [1.29, 1.82) is 0 Å². The fourth-order valence-electron chi connectivity index (χ4n) is 2.91. The highest BCUT2D eigenvalue weighted by Gasteiger charge is 2.39. The second-order valence-electron chi connectivity index (χ2n) is 6.23. The van der Waals surface area contributed by atoms with Crippen LogP contribution in [0.25, 0.3) is 0 Å². The monoisotopic (exact) mass is 377 g/mol. The van der Waals surface area contributed by atoms with Crippen LogP contribution >= 0.6 is 0 Å². The molecule has 142 valence electrons. The highest BCUT2D eigenvalue weighted by molar-refractivity contribution is 5.81. The molecular weight excluding hydrogens is 350 g/mol. The Morgan fingerprint density at radius 2 is 1.54 bits per heavy atom. The van der Waals surface area contributed by atoms with Gasteiger partial charge in [-0.3, -0.25) is 0 Å². The predicted molar refractivity (Wildman–Crippen MR) is 98.4 cm³/mol. The third-order valence-electron chi connectivity index (χ3n) is 4.58. The average molecular weight is 378 g/mol. The summed E-state index contributed by atoms with van der Waals surface area (Å²) < 4.78 is 5.46. The molecule has 0 fully saturated rings. The number of rotatable bonds is 9. The first-order valence-corrected chi connectivity index (χ1v) is 8.92. The number of ether oxygens (including phenoxy) is 1. The van der Waals surface area contributed by atoms with E-state index < -0.39 is 11.6 Å². The largest absolute Gasteiger partial charge is 1.00 e. The van der Waals surface area contributed by atoms with Gasteiger partial charge < -0.3 is 27.2 Å². The molecule has 4 nitrogen and oxygen atoms in total. The van der Waals surface area contributed by atoms with E-state index in [1.165, 1.54) is 4.90 Å². The number of halogens is 1. The van der Waals surface area contributed by atoms with Crippen LogP contribution in [-0.4, -0.2) is 37.3 Å². The van der Waals surface area contributed by atoms with Crippen molar-refractivity contribution >= 4 is 5.97 Å². The number of likely N-dealkylation sites (N-methyl/N-ethyl adjacent to an activating group) is 1. The molecule has 2 rings (SSSR count). The molecule has 0 radical (unpaired) electrons. The van der Waals surface area contributed by atoms with Gasteiger partial charge >= 0.3 is 5.97 Å². The second-order valence-corrected chi connectivity index (χ2v) is 6.23. The van der Waals surface area contributed by atoms with Crippen molar-refractivity contribution in [2.24, 2.45) is 0 Å². The summed E-state index contributed by atoms with van der Waals surface area (Å²) in [5, 5.41) is 11.2. The van der Waals surface area contributed by atoms with Gasteiger partial charge in [0.25, 0.3) is 0 Å². The van der Waals surface area contributed by atoms with Gasteiger partial charge in [-0.2, -0.15) is 0 Å². The third kappa shape index (κ3) is 5.84. The predicted octanol–water partition coefficient (Wildman–Crippen LogP) is -1.41. The Balaban J connectivity index is 0.00000338. The van der Waals surface area contributed by atoms with E-state index in [1.807, 2.05) is 48.5 Å². The summed E-state index contributed by atoms with van der Waals surface area (Å²) in [6.45, 7) is 7.24. The van der Waals surface area contributed by atoms with Crippen molar-refractivity contribution in [2.45, 2.75) is 25.9 Å². The van der Waals surface area contributed by atoms with Gasteiger partial charge in [-0.25, -0.2) is 4.79 Å². The van der Waals surface area contributed by atoms with E-state index in [1.54, 1.807) is 12.1 Å². The van der Waals surface area contributed by atoms with Gasteiger partial charge in [-0.1, -0.05) is 60.7 Å². The lowest BCUT2D eigenvalue weighted by atomic mass is 9.87. The first-order valence-electron chi connectivity index (χ1n) is 8.92. The Morgan fingerprint density at radius 3 is 2.08 bits per heavy atom. The molecule has 0 amide bonds.